The van der Waals surface area contributed by atoms with E-state index in [9.17, 15) is 9.18 Å². The summed E-state index contributed by atoms with van der Waals surface area (Å²) in [4.78, 5) is 10.4. The van der Waals surface area contributed by atoms with Crippen LogP contribution in [0.2, 0.25) is 0 Å². The summed E-state index contributed by atoms with van der Waals surface area (Å²) in [6.07, 6.45) is 4.03. The highest BCUT2D eigenvalue weighted by Gasteiger charge is 2.06. The molecule has 0 radical (unpaired) electrons. The first-order chi connectivity index (χ1) is 9.56. The molecule has 0 amide bonds. The number of unbranched alkanes of at least 4 members (excludes halogenated alkanes) is 1. The lowest BCUT2D eigenvalue weighted by molar-refractivity contribution is -0.137. The Kier molecular flexibility index (Phi) is 4.45. The lowest BCUT2D eigenvalue weighted by Crippen LogP contribution is -1.98. The average molecular weight is 277 g/mol. The van der Waals surface area contributed by atoms with Gasteiger partial charge < -0.3 is 5.11 Å². The zero-order valence-electron chi connectivity index (χ0n) is 11.2. The molecular formula is C14H16FN3O2. The normalized spacial score (nSPS) is 10.7. The predicted octanol–water partition coefficient (Wildman–Crippen LogP) is 2.51. The van der Waals surface area contributed by atoms with Gasteiger partial charge in [-0.2, -0.15) is 0 Å². The molecule has 0 saturated heterocycles. The Morgan fingerprint density at radius 2 is 2.20 bits per heavy atom. The minimum Gasteiger partial charge on any atom is -0.481 e. The van der Waals surface area contributed by atoms with Crippen molar-refractivity contribution in [3.8, 4) is 5.69 Å². The highest BCUT2D eigenvalue weighted by molar-refractivity contribution is 5.66. The first kappa shape index (κ1) is 14.2. The van der Waals surface area contributed by atoms with E-state index in [0.29, 0.717) is 12.8 Å². The lowest BCUT2D eigenvalue weighted by atomic mass is 10.1. The van der Waals surface area contributed by atoms with Crippen LogP contribution in [-0.4, -0.2) is 26.1 Å². The van der Waals surface area contributed by atoms with Crippen molar-refractivity contribution in [2.75, 3.05) is 0 Å². The van der Waals surface area contributed by atoms with Gasteiger partial charge >= 0.3 is 5.97 Å². The van der Waals surface area contributed by atoms with E-state index in [2.05, 4.69) is 10.3 Å². The maximum Gasteiger partial charge on any atom is 0.303 e. The topological polar surface area (TPSA) is 68.0 Å². The predicted molar refractivity (Wildman–Crippen MR) is 71.2 cm³/mol. The van der Waals surface area contributed by atoms with Crippen LogP contribution in [-0.2, 0) is 11.2 Å². The van der Waals surface area contributed by atoms with Gasteiger partial charge in [-0.15, -0.1) is 5.10 Å². The zero-order chi connectivity index (χ0) is 14.5. The number of aryl methyl sites for hydroxylation is 2. The first-order valence-electron chi connectivity index (χ1n) is 6.46. The molecule has 1 aromatic carbocycles. The molecule has 6 heteroatoms. The van der Waals surface area contributed by atoms with Crippen LogP contribution in [0.5, 0.6) is 0 Å². The Morgan fingerprint density at radius 3 is 2.90 bits per heavy atom. The second-order valence-corrected chi connectivity index (χ2v) is 4.69. The van der Waals surface area contributed by atoms with E-state index >= 15 is 0 Å². The van der Waals surface area contributed by atoms with Gasteiger partial charge in [0.25, 0.3) is 0 Å². The smallest absolute Gasteiger partial charge is 0.303 e. The highest BCUT2D eigenvalue weighted by Crippen LogP contribution is 2.15. The summed E-state index contributed by atoms with van der Waals surface area (Å²) in [5.74, 6) is -1.06. The molecular weight excluding hydrogens is 261 g/mol. The molecule has 0 aliphatic carbocycles. The first-order valence-corrected chi connectivity index (χ1v) is 6.46. The van der Waals surface area contributed by atoms with Crippen molar-refractivity contribution in [3.63, 3.8) is 0 Å². The standard InChI is InChI=1S/C14H16FN3O2/c1-10-8-11(15)6-7-13(10)18-9-12(16-17-18)4-2-3-5-14(19)20/h6-9H,2-5H2,1H3,(H,19,20). The average Bonchev–Trinajstić information content (AvgIpc) is 2.83. The molecule has 1 aromatic heterocycles. The van der Waals surface area contributed by atoms with Crippen LogP contribution in [0.3, 0.4) is 0 Å². The largest absolute Gasteiger partial charge is 0.481 e. The van der Waals surface area contributed by atoms with Gasteiger partial charge in [0.15, 0.2) is 0 Å². The maximum absolute atomic E-state index is 13.0. The molecule has 0 spiro atoms. The van der Waals surface area contributed by atoms with Crippen molar-refractivity contribution in [2.45, 2.75) is 32.6 Å². The number of rotatable bonds is 6. The van der Waals surface area contributed by atoms with Crippen LogP contribution in [0.4, 0.5) is 4.39 Å². The van der Waals surface area contributed by atoms with Crippen LogP contribution >= 0.6 is 0 Å². The molecule has 5 nitrogen and oxygen atoms in total. The molecule has 0 aliphatic heterocycles. The van der Waals surface area contributed by atoms with Gasteiger partial charge in [-0.3, -0.25) is 4.79 Å². The molecule has 0 fully saturated rings. The van der Waals surface area contributed by atoms with Crippen molar-refractivity contribution in [1.29, 1.82) is 0 Å². The van der Waals surface area contributed by atoms with Crippen molar-refractivity contribution >= 4 is 5.97 Å². The number of halogens is 1. The summed E-state index contributed by atoms with van der Waals surface area (Å²) in [6.45, 7) is 1.81. The van der Waals surface area contributed by atoms with E-state index in [-0.39, 0.29) is 12.2 Å². The third-order valence-corrected chi connectivity index (χ3v) is 3.02. The number of aromatic nitrogens is 3. The maximum atomic E-state index is 13.0. The molecule has 0 atom stereocenters. The van der Waals surface area contributed by atoms with Crippen LogP contribution in [0.1, 0.15) is 30.5 Å². The molecule has 0 saturated carbocycles. The van der Waals surface area contributed by atoms with Gasteiger partial charge in [0.05, 0.1) is 17.6 Å². The Morgan fingerprint density at radius 1 is 1.40 bits per heavy atom. The van der Waals surface area contributed by atoms with Crippen LogP contribution in [0, 0.1) is 12.7 Å². The van der Waals surface area contributed by atoms with Crippen LogP contribution in [0.15, 0.2) is 24.4 Å². The summed E-state index contributed by atoms with van der Waals surface area (Å²) in [7, 11) is 0. The summed E-state index contributed by atoms with van der Waals surface area (Å²) in [6, 6.07) is 4.49. The Bertz CT molecular complexity index is 610. The van der Waals surface area contributed by atoms with Crippen molar-refractivity contribution < 1.29 is 14.3 Å². The Hall–Kier alpha value is -2.24. The fourth-order valence-electron chi connectivity index (χ4n) is 1.99. The number of carbonyl (C=O) groups is 1. The third kappa shape index (κ3) is 3.63. The summed E-state index contributed by atoms with van der Waals surface area (Å²) in [5, 5.41) is 16.6. The summed E-state index contributed by atoms with van der Waals surface area (Å²) in [5.41, 5.74) is 2.38. The number of benzene rings is 1. The lowest BCUT2D eigenvalue weighted by Gasteiger charge is -2.04. The van der Waals surface area contributed by atoms with Gasteiger partial charge in [0.2, 0.25) is 0 Å². The van der Waals surface area contributed by atoms with E-state index in [1.165, 1.54) is 12.1 Å². The number of nitrogens with zero attached hydrogens (tertiary/aromatic N) is 3. The minimum atomic E-state index is -0.782. The minimum absolute atomic E-state index is 0.172. The Labute approximate surface area is 116 Å². The van der Waals surface area contributed by atoms with E-state index in [1.54, 1.807) is 16.9 Å². The number of hydrogen-bond donors (Lipinski definition) is 1. The van der Waals surface area contributed by atoms with Crippen molar-refractivity contribution in [2.24, 2.45) is 0 Å². The number of hydrogen-bond acceptors (Lipinski definition) is 3. The van der Waals surface area contributed by atoms with Crippen molar-refractivity contribution in [3.05, 3.63) is 41.5 Å². The Balaban J connectivity index is 1.99. The number of carboxylic acids is 1. The van der Waals surface area contributed by atoms with E-state index < -0.39 is 5.97 Å². The van der Waals surface area contributed by atoms with Crippen molar-refractivity contribution in [1.82, 2.24) is 15.0 Å². The van der Waals surface area contributed by atoms with E-state index in [1.807, 2.05) is 6.92 Å². The molecule has 0 bridgehead atoms. The van der Waals surface area contributed by atoms with Gasteiger partial charge in [-0.1, -0.05) is 5.21 Å². The summed E-state index contributed by atoms with van der Waals surface area (Å²) < 4.78 is 14.7. The van der Waals surface area contributed by atoms with E-state index in [4.69, 9.17) is 5.11 Å². The SMILES string of the molecule is Cc1cc(F)ccc1-n1cc(CCCCC(=O)O)nn1. The quantitative estimate of drug-likeness (QED) is 0.824. The molecule has 2 aromatic rings. The zero-order valence-corrected chi connectivity index (χ0v) is 11.2. The molecule has 1 heterocycles. The molecule has 20 heavy (non-hydrogen) atoms. The van der Waals surface area contributed by atoms with Crippen LogP contribution in [0.25, 0.3) is 5.69 Å². The third-order valence-electron chi connectivity index (χ3n) is 3.02. The second kappa shape index (κ2) is 6.27. The van der Waals surface area contributed by atoms with Gasteiger partial charge in [0.1, 0.15) is 5.82 Å². The summed E-state index contributed by atoms with van der Waals surface area (Å²) >= 11 is 0. The van der Waals surface area contributed by atoms with Gasteiger partial charge in [0, 0.05) is 6.42 Å². The molecule has 2 rings (SSSR count). The van der Waals surface area contributed by atoms with E-state index in [0.717, 1.165) is 23.4 Å². The molecule has 1 N–H and O–H groups in total. The fourth-order valence-corrected chi connectivity index (χ4v) is 1.99. The molecule has 106 valence electrons. The second-order valence-electron chi connectivity index (χ2n) is 4.69. The van der Waals surface area contributed by atoms with Gasteiger partial charge in [-0.05, 0) is 49.9 Å². The highest BCUT2D eigenvalue weighted by atomic mass is 19.1. The van der Waals surface area contributed by atoms with Crippen LogP contribution < -0.4 is 0 Å². The molecule has 0 aliphatic rings. The monoisotopic (exact) mass is 277 g/mol. The number of aliphatic carboxylic acids is 1. The van der Waals surface area contributed by atoms with Gasteiger partial charge in [-0.25, -0.2) is 9.07 Å². The fraction of sp³-hybridized carbons (Fsp3) is 0.357. The number of carboxylic acid groups (broad SMARTS) is 1. The molecule has 0 unspecified atom stereocenters.